The number of amides is 1. The predicted molar refractivity (Wildman–Crippen MR) is 54.6 cm³/mol. The Hall–Kier alpha value is -0.545. The van der Waals surface area contributed by atoms with Crippen molar-refractivity contribution in [1.82, 2.24) is 15.4 Å². The minimum atomic E-state index is -0.181. The monoisotopic (exact) mass is 183 g/mol. The number of rotatable bonds is 7. The fourth-order valence-corrected chi connectivity index (χ4v) is 1.03. The molecule has 0 spiro atoms. The molecule has 4 nitrogen and oxygen atoms in total. The second-order valence-electron chi connectivity index (χ2n) is 2.77. The summed E-state index contributed by atoms with van der Waals surface area (Å²) in [6.45, 7) is 8.40. The molecule has 0 saturated carbocycles. The minimum absolute atomic E-state index is 0.181. The van der Waals surface area contributed by atoms with Crippen molar-refractivity contribution in [1.29, 1.82) is 0 Å². The molecule has 0 heterocycles. The number of hydrogen-bond donors (Lipinski definition) is 2. The van der Waals surface area contributed by atoms with E-state index in [1.165, 1.54) is 0 Å². The predicted octanol–water partition coefficient (Wildman–Crippen LogP) is -0.882. The zero-order chi connectivity index (χ0) is 10.1. The summed E-state index contributed by atoms with van der Waals surface area (Å²) in [6, 6.07) is 0. The van der Waals surface area contributed by atoms with Crippen LogP contribution in [0.25, 0.3) is 0 Å². The minimum Gasteiger partial charge on any atom is -0.408 e. The summed E-state index contributed by atoms with van der Waals surface area (Å²) in [5.74, 6) is -0.181. The summed E-state index contributed by atoms with van der Waals surface area (Å²) in [4.78, 5) is 13.0. The van der Waals surface area contributed by atoms with Gasteiger partial charge in [-0.1, -0.05) is 13.8 Å². The van der Waals surface area contributed by atoms with Gasteiger partial charge in [-0.3, -0.25) is 4.79 Å². The van der Waals surface area contributed by atoms with E-state index in [4.69, 9.17) is 7.98 Å². The van der Waals surface area contributed by atoms with Crippen molar-refractivity contribution in [3.63, 3.8) is 0 Å². The van der Waals surface area contributed by atoms with Crippen LogP contribution in [0, 0.1) is 0 Å². The Morgan fingerprint density at radius 1 is 1.38 bits per heavy atom. The first kappa shape index (κ1) is 12.5. The van der Waals surface area contributed by atoms with Gasteiger partial charge in [0.1, 0.15) is 0 Å². The fraction of sp³-hybridized carbons (Fsp3) is 0.875. The number of nitrogens with zero attached hydrogens (tertiary/aromatic N) is 1. The largest absolute Gasteiger partial charge is 0.408 e. The van der Waals surface area contributed by atoms with Crippen LogP contribution in [0.5, 0.6) is 0 Å². The van der Waals surface area contributed by atoms with Gasteiger partial charge < -0.3 is 15.4 Å². The topological polar surface area (TPSA) is 44.4 Å². The standard InChI is InChI=1S/C8H18BN3O/c1-3-12(4-2)6-5-10-7-8(13)11-9/h10H,3-7H2,1-2H3,(H,11,13). The van der Waals surface area contributed by atoms with Crippen molar-refractivity contribution in [3.8, 4) is 0 Å². The molecular formula is C8H18BN3O. The Morgan fingerprint density at radius 3 is 2.46 bits per heavy atom. The third-order valence-corrected chi connectivity index (χ3v) is 1.95. The lowest BCUT2D eigenvalue weighted by molar-refractivity contribution is -0.118. The number of carbonyl (C=O) groups excluding carboxylic acids is 1. The van der Waals surface area contributed by atoms with Gasteiger partial charge in [0.05, 0.1) is 6.54 Å². The third-order valence-electron chi connectivity index (χ3n) is 1.95. The third kappa shape index (κ3) is 6.60. The van der Waals surface area contributed by atoms with Crippen LogP contribution >= 0.6 is 0 Å². The van der Waals surface area contributed by atoms with E-state index < -0.39 is 0 Å². The average Bonchev–Trinajstić information content (AvgIpc) is 2.18. The highest BCUT2D eigenvalue weighted by molar-refractivity contribution is 6.14. The number of hydrogen-bond acceptors (Lipinski definition) is 3. The molecule has 13 heavy (non-hydrogen) atoms. The number of carbonyl (C=O) groups is 1. The van der Waals surface area contributed by atoms with Gasteiger partial charge in [-0.2, -0.15) is 0 Å². The molecule has 0 saturated heterocycles. The number of nitrogens with one attached hydrogen (secondary N) is 2. The molecule has 0 aliphatic heterocycles. The van der Waals surface area contributed by atoms with Crippen molar-refractivity contribution in [2.24, 2.45) is 0 Å². The first-order valence-corrected chi connectivity index (χ1v) is 4.67. The van der Waals surface area contributed by atoms with E-state index >= 15 is 0 Å². The molecule has 2 N–H and O–H groups in total. The molecule has 0 aliphatic rings. The lowest BCUT2D eigenvalue weighted by Crippen LogP contribution is -2.37. The van der Waals surface area contributed by atoms with Gasteiger partial charge >= 0.3 is 0 Å². The Kier molecular flexibility index (Phi) is 7.73. The SMILES string of the molecule is [B]NC(=O)CNCCN(CC)CC. The van der Waals surface area contributed by atoms with Crippen molar-refractivity contribution in [2.45, 2.75) is 13.8 Å². The van der Waals surface area contributed by atoms with Crippen molar-refractivity contribution in [3.05, 3.63) is 0 Å². The van der Waals surface area contributed by atoms with Crippen LogP contribution in [-0.2, 0) is 4.79 Å². The van der Waals surface area contributed by atoms with Crippen LogP contribution in [0.15, 0.2) is 0 Å². The van der Waals surface area contributed by atoms with Crippen LogP contribution in [0.1, 0.15) is 13.8 Å². The second-order valence-corrected chi connectivity index (χ2v) is 2.77. The fourth-order valence-electron chi connectivity index (χ4n) is 1.03. The number of likely N-dealkylation sites (N-methyl/N-ethyl adjacent to an activating group) is 1. The molecule has 0 bridgehead atoms. The summed E-state index contributed by atoms with van der Waals surface area (Å²) in [5.41, 5.74) is 0. The normalized spacial score (nSPS) is 10.4. The zero-order valence-electron chi connectivity index (χ0n) is 8.47. The second kappa shape index (κ2) is 8.07. The molecule has 0 aromatic rings. The molecular weight excluding hydrogens is 165 g/mol. The van der Waals surface area contributed by atoms with E-state index in [1.807, 2.05) is 0 Å². The molecule has 0 aromatic carbocycles. The molecule has 0 unspecified atom stereocenters. The lowest BCUT2D eigenvalue weighted by Gasteiger charge is -2.17. The smallest absolute Gasteiger partial charge is 0.226 e. The van der Waals surface area contributed by atoms with Gasteiger partial charge in [0.15, 0.2) is 0 Å². The van der Waals surface area contributed by atoms with E-state index in [-0.39, 0.29) is 12.5 Å². The molecule has 0 rings (SSSR count). The first-order chi connectivity index (χ1) is 6.24. The molecule has 5 heteroatoms. The highest BCUT2D eigenvalue weighted by Crippen LogP contribution is 1.83. The van der Waals surface area contributed by atoms with Gasteiger partial charge in [-0.15, -0.1) is 0 Å². The van der Waals surface area contributed by atoms with E-state index in [2.05, 4.69) is 29.3 Å². The molecule has 2 radical (unpaired) electrons. The quantitative estimate of drug-likeness (QED) is 0.398. The maximum atomic E-state index is 10.7. The van der Waals surface area contributed by atoms with E-state index in [9.17, 15) is 4.79 Å². The van der Waals surface area contributed by atoms with E-state index in [0.717, 1.165) is 26.2 Å². The highest BCUT2D eigenvalue weighted by Gasteiger charge is 1.99. The maximum Gasteiger partial charge on any atom is 0.226 e. The molecule has 0 fully saturated rings. The summed E-state index contributed by atoms with van der Waals surface area (Å²) in [7, 11) is 4.92. The van der Waals surface area contributed by atoms with Crippen LogP contribution in [0.4, 0.5) is 0 Å². The summed E-state index contributed by atoms with van der Waals surface area (Å²) >= 11 is 0. The van der Waals surface area contributed by atoms with Crippen LogP contribution in [-0.4, -0.2) is 51.5 Å². The first-order valence-electron chi connectivity index (χ1n) is 4.67. The van der Waals surface area contributed by atoms with E-state index in [1.54, 1.807) is 0 Å². The Morgan fingerprint density at radius 2 is 2.00 bits per heavy atom. The highest BCUT2D eigenvalue weighted by atomic mass is 16.1. The molecule has 0 aliphatic carbocycles. The van der Waals surface area contributed by atoms with Gasteiger partial charge in [0.2, 0.25) is 13.9 Å². The van der Waals surface area contributed by atoms with Crippen molar-refractivity contribution >= 4 is 13.9 Å². The van der Waals surface area contributed by atoms with Crippen molar-refractivity contribution < 1.29 is 4.79 Å². The maximum absolute atomic E-state index is 10.7. The van der Waals surface area contributed by atoms with Crippen molar-refractivity contribution in [2.75, 3.05) is 32.7 Å². The molecule has 74 valence electrons. The van der Waals surface area contributed by atoms with Crippen LogP contribution in [0.2, 0.25) is 0 Å². The summed E-state index contributed by atoms with van der Waals surface area (Å²) < 4.78 is 0. The molecule has 0 atom stereocenters. The van der Waals surface area contributed by atoms with Gasteiger partial charge in [0.25, 0.3) is 0 Å². The lowest BCUT2D eigenvalue weighted by atomic mass is 10.4. The average molecular weight is 183 g/mol. The summed E-state index contributed by atoms with van der Waals surface area (Å²) in [5, 5.41) is 5.07. The van der Waals surface area contributed by atoms with Gasteiger partial charge in [-0.05, 0) is 13.1 Å². The van der Waals surface area contributed by atoms with Crippen LogP contribution in [0.3, 0.4) is 0 Å². The van der Waals surface area contributed by atoms with Gasteiger partial charge in [-0.25, -0.2) is 0 Å². The Labute approximate surface area is 81.5 Å². The van der Waals surface area contributed by atoms with Crippen LogP contribution < -0.4 is 10.5 Å². The molecule has 1 amide bonds. The van der Waals surface area contributed by atoms with Gasteiger partial charge in [0, 0.05) is 13.1 Å². The Bertz CT molecular complexity index is 139. The molecule has 0 aromatic heterocycles. The Balaban J connectivity index is 3.28. The summed E-state index contributed by atoms with van der Waals surface area (Å²) in [6.07, 6.45) is 0. The zero-order valence-corrected chi connectivity index (χ0v) is 8.47. The van der Waals surface area contributed by atoms with E-state index in [0.29, 0.717) is 0 Å².